The zero-order valence-electron chi connectivity index (χ0n) is 12.1. The number of aromatic nitrogens is 5. The summed E-state index contributed by atoms with van der Waals surface area (Å²) >= 11 is 0. The average molecular weight is 281 g/mol. The van der Waals surface area contributed by atoms with Crippen LogP contribution in [-0.2, 0) is 0 Å². The lowest BCUT2D eigenvalue weighted by molar-refractivity contribution is 0.456. The van der Waals surface area contributed by atoms with Crippen LogP contribution >= 0.6 is 0 Å². The molecule has 21 heavy (non-hydrogen) atoms. The van der Waals surface area contributed by atoms with Crippen molar-refractivity contribution in [3.63, 3.8) is 0 Å². The summed E-state index contributed by atoms with van der Waals surface area (Å²) in [6.45, 7) is 5.80. The average Bonchev–Trinajstić information content (AvgIpc) is 2.78. The highest BCUT2D eigenvalue weighted by Crippen LogP contribution is 2.20. The van der Waals surface area contributed by atoms with Gasteiger partial charge in [-0.2, -0.15) is 10.1 Å². The van der Waals surface area contributed by atoms with Gasteiger partial charge in [0.1, 0.15) is 5.75 Å². The molecular weight excluding hydrogens is 266 g/mol. The van der Waals surface area contributed by atoms with Crippen molar-refractivity contribution in [3.8, 4) is 17.6 Å². The van der Waals surface area contributed by atoms with Crippen molar-refractivity contribution in [2.24, 2.45) is 0 Å². The number of hydrogen-bond acceptors (Lipinski definition) is 5. The molecule has 0 radical (unpaired) electrons. The zero-order chi connectivity index (χ0) is 14.8. The molecule has 3 aromatic rings. The van der Waals surface area contributed by atoms with E-state index < -0.39 is 0 Å². The van der Waals surface area contributed by atoms with Gasteiger partial charge in [-0.1, -0.05) is 0 Å². The van der Waals surface area contributed by atoms with Crippen molar-refractivity contribution in [2.45, 2.75) is 20.8 Å². The van der Waals surface area contributed by atoms with E-state index in [2.05, 4.69) is 20.1 Å². The van der Waals surface area contributed by atoms with Gasteiger partial charge in [-0.05, 0) is 39.0 Å². The molecule has 6 heteroatoms. The Morgan fingerprint density at radius 3 is 2.57 bits per heavy atom. The minimum Gasteiger partial charge on any atom is -0.437 e. The molecule has 106 valence electrons. The van der Waals surface area contributed by atoms with Gasteiger partial charge < -0.3 is 4.74 Å². The predicted molar refractivity (Wildman–Crippen MR) is 77.7 cm³/mol. The third-order valence-electron chi connectivity index (χ3n) is 2.87. The van der Waals surface area contributed by atoms with Gasteiger partial charge in [0.15, 0.2) is 0 Å². The van der Waals surface area contributed by atoms with Crippen LogP contribution in [0.5, 0.6) is 11.6 Å². The molecule has 0 saturated carbocycles. The van der Waals surface area contributed by atoms with Crippen LogP contribution in [0.4, 0.5) is 0 Å². The summed E-state index contributed by atoms with van der Waals surface area (Å²) in [4.78, 5) is 12.8. The van der Waals surface area contributed by atoms with Gasteiger partial charge in [-0.25, -0.2) is 9.67 Å². The lowest BCUT2D eigenvalue weighted by Crippen LogP contribution is -2.06. The fraction of sp³-hybridized carbons (Fsp3) is 0.200. The Balaban J connectivity index is 1.98. The molecule has 0 amide bonds. The second-order valence-electron chi connectivity index (χ2n) is 4.78. The lowest BCUT2D eigenvalue weighted by atomic mass is 10.4. The third-order valence-corrected chi connectivity index (χ3v) is 2.87. The first kappa shape index (κ1) is 13.2. The van der Waals surface area contributed by atoms with Crippen molar-refractivity contribution < 1.29 is 4.74 Å². The molecule has 0 spiro atoms. The molecule has 0 saturated heterocycles. The Morgan fingerprint density at radius 2 is 1.90 bits per heavy atom. The first-order valence-corrected chi connectivity index (χ1v) is 6.59. The molecule has 6 nitrogen and oxygen atoms in total. The standard InChI is InChI=1S/C15H15N5O/c1-10-8-14(21-13-5-4-6-16-9-13)18-15(17-10)20-12(3)7-11(2)19-20/h4-9H,1-3H3. The van der Waals surface area contributed by atoms with Crippen LogP contribution in [0, 0.1) is 20.8 Å². The fourth-order valence-corrected chi connectivity index (χ4v) is 2.03. The molecule has 3 aromatic heterocycles. The largest absolute Gasteiger partial charge is 0.437 e. The monoisotopic (exact) mass is 281 g/mol. The van der Waals surface area contributed by atoms with Gasteiger partial charge in [-0.3, -0.25) is 4.98 Å². The molecule has 0 aliphatic rings. The number of nitrogens with zero attached hydrogens (tertiary/aromatic N) is 5. The van der Waals surface area contributed by atoms with Crippen LogP contribution in [0.15, 0.2) is 36.7 Å². The summed E-state index contributed by atoms with van der Waals surface area (Å²) in [6.07, 6.45) is 3.33. The van der Waals surface area contributed by atoms with Crippen molar-refractivity contribution in [1.29, 1.82) is 0 Å². The van der Waals surface area contributed by atoms with Crippen LogP contribution in [0.3, 0.4) is 0 Å². The summed E-state index contributed by atoms with van der Waals surface area (Å²) in [5.74, 6) is 1.60. The SMILES string of the molecule is Cc1cc(Oc2cccnc2)nc(-n2nc(C)cc2C)n1. The second-order valence-corrected chi connectivity index (χ2v) is 4.78. The Morgan fingerprint density at radius 1 is 1.05 bits per heavy atom. The van der Waals surface area contributed by atoms with Crippen LogP contribution in [-0.4, -0.2) is 24.7 Å². The lowest BCUT2D eigenvalue weighted by Gasteiger charge is -2.08. The Labute approximate surface area is 122 Å². The van der Waals surface area contributed by atoms with Gasteiger partial charge in [-0.15, -0.1) is 0 Å². The van der Waals surface area contributed by atoms with Crippen molar-refractivity contribution in [1.82, 2.24) is 24.7 Å². The van der Waals surface area contributed by atoms with E-state index >= 15 is 0 Å². The topological polar surface area (TPSA) is 65.7 Å². The van der Waals surface area contributed by atoms with Crippen LogP contribution in [0.2, 0.25) is 0 Å². The van der Waals surface area contributed by atoms with Crippen molar-refractivity contribution in [3.05, 3.63) is 53.7 Å². The zero-order valence-corrected chi connectivity index (χ0v) is 12.1. The predicted octanol–water partition coefficient (Wildman–Crippen LogP) is 2.77. The van der Waals surface area contributed by atoms with E-state index in [0.29, 0.717) is 17.6 Å². The summed E-state index contributed by atoms with van der Waals surface area (Å²) in [5.41, 5.74) is 2.71. The number of aryl methyl sites for hydroxylation is 3. The minimum atomic E-state index is 0.470. The Kier molecular flexibility index (Phi) is 3.35. The highest BCUT2D eigenvalue weighted by Gasteiger charge is 2.10. The van der Waals surface area contributed by atoms with E-state index in [4.69, 9.17) is 4.74 Å². The second kappa shape index (κ2) is 5.32. The summed E-state index contributed by atoms with van der Waals surface area (Å²) in [5, 5.41) is 4.39. The van der Waals surface area contributed by atoms with E-state index in [-0.39, 0.29) is 0 Å². The first-order valence-electron chi connectivity index (χ1n) is 6.59. The maximum absolute atomic E-state index is 5.71. The van der Waals surface area contributed by atoms with Gasteiger partial charge in [0.2, 0.25) is 5.88 Å². The molecule has 3 rings (SSSR count). The van der Waals surface area contributed by atoms with E-state index in [1.807, 2.05) is 39.0 Å². The van der Waals surface area contributed by atoms with Crippen LogP contribution in [0.25, 0.3) is 5.95 Å². The van der Waals surface area contributed by atoms with Gasteiger partial charge >= 0.3 is 0 Å². The molecule has 3 heterocycles. The van der Waals surface area contributed by atoms with E-state index in [1.165, 1.54) is 0 Å². The van der Waals surface area contributed by atoms with E-state index in [0.717, 1.165) is 17.1 Å². The van der Waals surface area contributed by atoms with Crippen LogP contribution < -0.4 is 4.74 Å². The Bertz CT molecular complexity index is 767. The molecule has 0 bridgehead atoms. The van der Waals surface area contributed by atoms with Crippen LogP contribution in [0.1, 0.15) is 17.1 Å². The number of rotatable bonds is 3. The molecule has 0 fully saturated rings. The van der Waals surface area contributed by atoms with Crippen molar-refractivity contribution in [2.75, 3.05) is 0 Å². The third kappa shape index (κ3) is 2.89. The maximum Gasteiger partial charge on any atom is 0.254 e. The van der Waals surface area contributed by atoms with Gasteiger partial charge in [0.05, 0.1) is 11.9 Å². The number of pyridine rings is 1. The highest BCUT2D eigenvalue weighted by molar-refractivity contribution is 5.29. The molecule has 0 aliphatic carbocycles. The van der Waals surface area contributed by atoms with E-state index in [9.17, 15) is 0 Å². The molecule has 0 atom stereocenters. The molecule has 0 aliphatic heterocycles. The van der Waals surface area contributed by atoms with Crippen molar-refractivity contribution >= 4 is 0 Å². The Hall–Kier alpha value is -2.76. The normalized spacial score (nSPS) is 10.6. The van der Waals surface area contributed by atoms with E-state index in [1.54, 1.807) is 23.1 Å². The maximum atomic E-state index is 5.71. The molecular formula is C15H15N5O. The number of ether oxygens (including phenoxy) is 1. The summed E-state index contributed by atoms with van der Waals surface area (Å²) in [6, 6.07) is 7.40. The fourth-order valence-electron chi connectivity index (χ4n) is 2.03. The van der Waals surface area contributed by atoms with Gasteiger partial charge in [0.25, 0.3) is 5.95 Å². The molecule has 0 N–H and O–H groups in total. The summed E-state index contributed by atoms with van der Waals surface area (Å²) in [7, 11) is 0. The number of hydrogen-bond donors (Lipinski definition) is 0. The minimum absolute atomic E-state index is 0.470. The highest BCUT2D eigenvalue weighted by atomic mass is 16.5. The smallest absolute Gasteiger partial charge is 0.254 e. The summed E-state index contributed by atoms with van der Waals surface area (Å²) < 4.78 is 7.42. The first-order chi connectivity index (χ1) is 10.1. The molecule has 0 unspecified atom stereocenters. The molecule has 0 aromatic carbocycles. The van der Waals surface area contributed by atoms with Gasteiger partial charge in [0, 0.05) is 23.7 Å². The quantitative estimate of drug-likeness (QED) is 0.738.